The van der Waals surface area contributed by atoms with Crippen molar-refractivity contribution in [3.8, 4) is 0 Å². The van der Waals surface area contributed by atoms with Gasteiger partial charge in [0.25, 0.3) is 11.8 Å². The molecule has 2 amide bonds. The van der Waals surface area contributed by atoms with Crippen LogP contribution in [0.5, 0.6) is 0 Å². The fourth-order valence-electron chi connectivity index (χ4n) is 2.21. The minimum Gasteiger partial charge on any atom is -0.731 e. The molecule has 0 aromatic carbocycles. The predicted octanol–water partition coefficient (Wildman–Crippen LogP) is -5.20. The molecule has 1 fully saturated rings. The first-order valence-corrected chi connectivity index (χ1v) is 9.45. The van der Waals surface area contributed by atoms with E-state index in [0.29, 0.717) is 0 Å². The van der Waals surface area contributed by atoms with Gasteiger partial charge in [-0.05, 0) is 6.92 Å². The minimum absolute atomic E-state index is 0. The van der Waals surface area contributed by atoms with Crippen molar-refractivity contribution in [2.75, 3.05) is 19.5 Å². The molecule has 2 atom stereocenters. The number of carbonyl (C=O) groups is 3. The van der Waals surface area contributed by atoms with E-state index < -0.39 is 40.2 Å². The molecule has 0 radical (unpaired) electrons. The van der Waals surface area contributed by atoms with E-state index in [4.69, 9.17) is 5.73 Å². The van der Waals surface area contributed by atoms with Gasteiger partial charge in [0, 0.05) is 5.38 Å². The number of oxime groups is 1. The monoisotopic (exact) mass is 443 g/mol. The number of rotatable bonds is 7. The number of esters is 1. The molecular formula is C12H14N5NaO8S2. The van der Waals surface area contributed by atoms with Gasteiger partial charge in [0.05, 0.1) is 6.61 Å². The number of hydrogen-bond donors (Lipinski definition) is 2. The second-order valence-corrected chi connectivity index (χ2v) is 7.07. The first-order valence-electron chi connectivity index (χ1n) is 7.20. The molecule has 1 saturated heterocycles. The van der Waals surface area contributed by atoms with E-state index in [0.717, 1.165) is 18.4 Å². The SMILES string of the molecule is CCOC(=O)C1C(NC(=O)C(=NOC)c2csc(N)n2)C(=O)N1S(=O)(=O)[O-].[Na+]. The van der Waals surface area contributed by atoms with Crippen LogP contribution in [-0.2, 0) is 34.3 Å². The zero-order chi connectivity index (χ0) is 20.4. The Hall–Kier alpha value is -1.78. The summed E-state index contributed by atoms with van der Waals surface area (Å²) in [5.74, 6) is -3.45. The Morgan fingerprint density at radius 1 is 1.50 bits per heavy atom. The van der Waals surface area contributed by atoms with Crippen molar-refractivity contribution < 1.29 is 66.5 Å². The molecule has 2 unspecified atom stereocenters. The molecule has 3 N–H and O–H groups in total. The number of carbonyl (C=O) groups excluding carboxylic acids is 3. The Balaban J connectivity index is 0.00000392. The van der Waals surface area contributed by atoms with Crippen LogP contribution in [0.15, 0.2) is 10.5 Å². The Kier molecular flexibility index (Phi) is 8.33. The molecule has 28 heavy (non-hydrogen) atoms. The van der Waals surface area contributed by atoms with E-state index in [9.17, 15) is 27.4 Å². The Labute approximate surface area is 185 Å². The number of amides is 2. The summed E-state index contributed by atoms with van der Waals surface area (Å²) in [5.41, 5.74) is 5.15. The van der Waals surface area contributed by atoms with Crippen molar-refractivity contribution in [1.82, 2.24) is 14.6 Å². The molecule has 2 heterocycles. The van der Waals surface area contributed by atoms with E-state index in [-0.39, 0.29) is 57.0 Å². The smallest absolute Gasteiger partial charge is 0.731 e. The summed E-state index contributed by atoms with van der Waals surface area (Å²) in [6, 6.07) is -3.47. The van der Waals surface area contributed by atoms with Gasteiger partial charge in [-0.15, -0.1) is 11.3 Å². The van der Waals surface area contributed by atoms with Crippen LogP contribution in [-0.4, -0.2) is 71.6 Å². The first kappa shape index (κ1) is 24.3. The zero-order valence-corrected chi connectivity index (χ0v) is 18.6. The van der Waals surface area contributed by atoms with Crippen molar-refractivity contribution in [2.45, 2.75) is 19.0 Å². The van der Waals surface area contributed by atoms with Crippen LogP contribution in [0.25, 0.3) is 0 Å². The summed E-state index contributed by atoms with van der Waals surface area (Å²) < 4.78 is 38.1. The summed E-state index contributed by atoms with van der Waals surface area (Å²) in [5, 5.41) is 7.15. The number of thiazole rings is 1. The summed E-state index contributed by atoms with van der Waals surface area (Å²) in [6.45, 7) is 1.31. The van der Waals surface area contributed by atoms with Gasteiger partial charge >= 0.3 is 35.5 Å². The predicted molar refractivity (Wildman–Crippen MR) is 89.0 cm³/mol. The zero-order valence-electron chi connectivity index (χ0n) is 14.9. The molecule has 2 rings (SSSR count). The molecule has 0 spiro atoms. The van der Waals surface area contributed by atoms with Crippen LogP contribution in [0.3, 0.4) is 0 Å². The van der Waals surface area contributed by atoms with E-state index in [1.807, 2.05) is 0 Å². The summed E-state index contributed by atoms with van der Waals surface area (Å²) in [7, 11) is -4.12. The van der Waals surface area contributed by atoms with Crippen LogP contribution in [0.2, 0.25) is 0 Å². The Morgan fingerprint density at radius 2 is 2.14 bits per heavy atom. The summed E-state index contributed by atoms with van der Waals surface area (Å²) in [6.07, 6.45) is 0. The number of anilines is 1. The number of β-lactam (4-membered cyclic amide) rings is 1. The van der Waals surface area contributed by atoms with Crippen molar-refractivity contribution >= 4 is 50.3 Å². The summed E-state index contributed by atoms with van der Waals surface area (Å²) in [4.78, 5) is 44.8. The van der Waals surface area contributed by atoms with Crippen LogP contribution in [0.4, 0.5) is 5.13 Å². The molecule has 1 aliphatic heterocycles. The first-order chi connectivity index (χ1) is 12.6. The third kappa shape index (κ3) is 4.98. The number of nitrogens with two attached hydrogens (primary N) is 1. The molecule has 148 valence electrons. The number of aromatic nitrogens is 1. The molecule has 0 aliphatic carbocycles. The quantitative estimate of drug-likeness (QED) is 0.103. The molecule has 13 nitrogen and oxygen atoms in total. The second-order valence-electron chi connectivity index (χ2n) is 4.93. The van der Waals surface area contributed by atoms with Crippen LogP contribution < -0.4 is 40.6 Å². The average Bonchev–Trinajstić information content (AvgIpc) is 2.99. The molecule has 0 bridgehead atoms. The molecule has 0 saturated carbocycles. The van der Waals surface area contributed by atoms with Crippen molar-refractivity contribution in [3.63, 3.8) is 0 Å². The molecule has 16 heteroatoms. The molecule has 1 aliphatic rings. The van der Waals surface area contributed by atoms with E-state index in [1.165, 1.54) is 12.3 Å². The van der Waals surface area contributed by atoms with Crippen LogP contribution >= 0.6 is 11.3 Å². The Bertz CT molecular complexity index is 902. The third-order valence-corrected chi connectivity index (χ3v) is 4.83. The fourth-order valence-corrected chi connectivity index (χ4v) is 3.58. The second kappa shape index (κ2) is 9.62. The van der Waals surface area contributed by atoms with Gasteiger partial charge in [-0.1, -0.05) is 5.16 Å². The maximum absolute atomic E-state index is 12.4. The van der Waals surface area contributed by atoms with Crippen molar-refractivity contribution in [3.05, 3.63) is 11.1 Å². The van der Waals surface area contributed by atoms with Gasteiger partial charge < -0.3 is 25.2 Å². The van der Waals surface area contributed by atoms with Gasteiger partial charge in [-0.25, -0.2) is 22.5 Å². The van der Waals surface area contributed by atoms with Crippen molar-refractivity contribution in [2.24, 2.45) is 5.16 Å². The number of hydrogen-bond acceptors (Lipinski definition) is 12. The van der Waals surface area contributed by atoms with Gasteiger partial charge in [0.1, 0.15) is 18.8 Å². The average molecular weight is 443 g/mol. The Morgan fingerprint density at radius 3 is 2.61 bits per heavy atom. The molecule has 1 aromatic rings. The number of nitrogens with zero attached hydrogens (tertiary/aromatic N) is 3. The van der Waals surface area contributed by atoms with Gasteiger partial charge in [0.2, 0.25) is 0 Å². The maximum Gasteiger partial charge on any atom is 1.00 e. The number of nitrogens with one attached hydrogen (secondary N) is 1. The van der Waals surface area contributed by atoms with E-state index >= 15 is 0 Å². The normalized spacial score (nSPS) is 19.3. The third-order valence-electron chi connectivity index (χ3n) is 3.27. The number of nitrogen functional groups attached to an aromatic ring is 1. The molecule has 1 aromatic heterocycles. The standard InChI is InChI=1S/C12H15N5O8S2.Na/c1-3-25-11(20)8-7(10(19)17(8)27(21,22)23)15-9(18)6(16-24-2)5-4-26-12(13)14-5;/h4,7-8H,3H2,1-2H3,(H2,13,14)(H,15,18)(H,21,22,23);/q;+1/p-1. The van der Waals surface area contributed by atoms with E-state index in [1.54, 1.807) is 0 Å². The number of ether oxygens (including phenoxy) is 1. The van der Waals surface area contributed by atoms with Gasteiger partial charge in [-0.3, -0.25) is 9.59 Å². The molecular weight excluding hydrogens is 429 g/mol. The minimum atomic E-state index is -5.28. The van der Waals surface area contributed by atoms with Crippen LogP contribution in [0, 0.1) is 0 Å². The van der Waals surface area contributed by atoms with Gasteiger partial charge in [-0.2, -0.15) is 0 Å². The van der Waals surface area contributed by atoms with Crippen LogP contribution in [0.1, 0.15) is 12.6 Å². The van der Waals surface area contributed by atoms with Gasteiger partial charge in [0.15, 0.2) is 27.2 Å². The van der Waals surface area contributed by atoms with Crippen molar-refractivity contribution in [1.29, 1.82) is 0 Å². The maximum atomic E-state index is 12.4. The fraction of sp³-hybridized carbons (Fsp3) is 0.417. The largest absolute Gasteiger partial charge is 1.00 e. The van der Waals surface area contributed by atoms with E-state index in [2.05, 4.69) is 25.0 Å². The summed E-state index contributed by atoms with van der Waals surface area (Å²) >= 11 is 1.01. The topological polar surface area (TPSA) is 193 Å².